The lowest BCUT2D eigenvalue weighted by atomic mass is 9.95. The fraction of sp³-hybridized carbons (Fsp3) is 0.357. The Kier molecular flexibility index (Phi) is 3.48. The minimum absolute atomic E-state index is 0.134. The Hall–Kier alpha value is -1.68. The Morgan fingerprint density at radius 1 is 1.39 bits per heavy atom. The van der Waals surface area contributed by atoms with Gasteiger partial charge >= 0.3 is 0 Å². The maximum atomic E-state index is 13.5. The van der Waals surface area contributed by atoms with Gasteiger partial charge in [-0.1, -0.05) is 13.0 Å². The van der Waals surface area contributed by atoms with Gasteiger partial charge in [0.05, 0.1) is 5.69 Å². The lowest BCUT2D eigenvalue weighted by Crippen LogP contribution is -2.07. The summed E-state index contributed by atoms with van der Waals surface area (Å²) in [6.07, 6.45) is 2.73. The van der Waals surface area contributed by atoms with Crippen LogP contribution < -0.4 is 5.73 Å². The van der Waals surface area contributed by atoms with E-state index in [1.54, 1.807) is 10.7 Å². The van der Waals surface area contributed by atoms with E-state index in [1.807, 2.05) is 27.1 Å². The highest BCUT2D eigenvalue weighted by molar-refractivity contribution is 5.69. The van der Waals surface area contributed by atoms with Crippen LogP contribution in [0.2, 0.25) is 0 Å². The summed E-state index contributed by atoms with van der Waals surface area (Å²) in [6.45, 7) is 3.94. The van der Waals surface area contributed by atoms with E-state index >= 15 is 0 Å². The third-order valence-corrected chi connectivity index (χ3v) is 3.04. The summed E-state index contributed by atoms with van der Waals surface area (Å²) in [5, 5.41) is 4.39. The molecule has 0 spiro atoms. The van der Waals surface area contributed by atoms with Crippen molar-refractivity contribution < 1.29 is 4.39 Å². The van der Waals surface area contributed by atoms with Gasteiger partial charge in [0.1, 0.15) is 5.82 Å². The molecule has 4 heteroatoms. The quantitative estimate of drug-likeness (QED) is 0.906. The maximum Gasteiger partial charge on any atom is 0.123 e. The van der Waals surface area contributed by atoms with E-state index < -0.39 is 0 Å². The van der Waals surface area contributed by atoms with Crippen LogP contribution in [0.25, 0.3) is 11.1 Å². The Labute approximate surface area is 106 Å². The molecule has 1 atom stereocenters. The summed E-state index contributed by atoms with van der Waals surface area (Å²) < 4.78 is 15.2. The number of nitrogens with two attached hydrogens (primary N) is 1. The SMILES string of the molecule is CCc1nn(C)cc1-c1cc(F)ccc1C(C)N. The molecule has 1 unspecified atom stereocenters. The molecule has 2 rings (SSSR count). The van der Waals surface area contributed by atoms with Gasteiger partial charge in [-0.3, -0.25) is 4.68 Å². The minimum atomic E-state index is -0.250. The Balaban J connectivity index is 2.64. The summed E-state index contributed by atoms with van der Waals surface area (Å²) in [6, 6.07) is 4.60. The molecule has 0 saturated heterocycles. The predicted molar refractivity (Wildman–Crippen MR) is 70.6 cm³/mol. The second-order valence-electron chi connectivity index (χ2n) is 4.54. The zero-order valence-corrected chi connectivity index (χ0v) is 10.9. The van der Waals surface area contributed by atoms with E-state index in [1.165, 1.54) is 12.1 Å². The van der Waals surface area contributed by atoms with E-state index in [9.17, 15) is 4.39 Å². The normalized spacial score (nSPS) is 12.7. The highest BCUT2D eigenvalue weighted by Crippen LogP contribution is 2.30. The second-order valence-corrected chi connectivity index (χ2v) is 4.54. The molecule has 3 nitrogen and oxygen atoms in total. The number of benzene rings is 1. The highest BCUT2D eigenvalue weighted by atomic mass is 19.1. The van der Waals surface area contributed by atoms with Gasteiger partial charge < -0.3 is 5.73 Å². The van der Waals surface area contributed by atoms with Gasteiger partial charge in [0.2, 0.25) is 0 Å². The first-order valence-electron chi connectivity index (χ1n) is 6.10. The van der Waals surface area contributed by atoms with E-state index in [2.05, 4.69) is 5.10 Å². The number of rotatable bonds is 3. The third kappa shape index (κ3) is 2.29. The molecule has 1 aromatic carbocycles. The highest BCUT2D eigenvalue weighted by Gasteiger charge is 2.15. The van der Waals surface area contributed by atoms with Crippen LogP contribution in [0, 0.1) is 5.82 Å². The van der Waals surface area contributed by atoms with Crippen LogP contribution in [-0.2, 0) is 13.5 Å². The van der Waals surface area contributed by atoms with E-state index in [-0.39, 0.29) is 11.9 Å². The molecule has 0 saturated carbocycles. The van der Waals surface area contributed by atoms with E-state index in [0.29, 0.717) is 0 Å². The smallest absolute Gasteiger partial charge is 0.123 e. The van der Waals surface area contributed by atoms with Crippen LogP contribution in [0.3, 0.4) is 0 Å². The van der Waals surface area contributed by atoms with Gasteiger partial charge in [-0.2, -0.15) is 5.10 Å². The molecule has 0 radical (unpaired) electrons. The van der Waals surface area contributed by atoms with Crippen molar-refractivity contribution in [2.75, 3.05) is 0 Å². The molecule has 96 valence electrons. The predicted octanol–water partition coefficient (Wildman–Crippen LogP) is 2.81. The summed E-state index contributed by atoms with van der Waals surface area (Å²) in [7, 11) is 1.87. The molecule has 0 amide bonds. The van der Waals surface area contributed by atoms with Crippen molar-refractivity contribution in [3.05, 3.63) is 41.5 Å². The van der Waals surface area contributed by atoms with Crippen molar-refractivity contribution in [1.82, 2.24) is 9.78 Å². The van der Waals surface area contributed by atoms with Crippen LogP contribution >= 0.6 is 0 Å². The fourth-order valence-electron chi connectivity index (χ4n) is 2.18. The van der Waals surface area contributed by atoms with Crippen molar-refractivity contribution in [3.8, 4) is 11.1 Å². The molecular formula is C14H18FN3. The molecule has 0 aliphatic heterocycles. The van der Waals surface area contributed by atoms with Crippen LogP contribution in [-0.4, -0.2) is 9.78 Å². The molecular weight excluding hydrogens is 229 g/mol. The Morgan fingerprint density at radius 3 is 2.72 bits per heavy atom. The van der Waals surface area contributed by atoms with Crippen LogP contribution in [0.15, 0.2) is 24.4 Å². The number of aryl methyl sites for hydroxylation is 2. The molecule has 2 aromatic rings. The van der Waals surface area contributed by atoms with Gasteiger partial charge in [-0.25, -0.2) is 4.39 Å². The molecule has 1 aromatic heterocycles. The molecule has 2 N–H and O–H groups in total. The maximum absolute atomic E-state index is 13.5. The lowest BCUT2D eigenvalue weighted by Gasteiger charge is -2.12. The van der Waals surface area contributed by atoms with E-state index in [4.69, 9.17) is 5.73 Å². The minimum Gasteiger partial charge on any atom is -0.324 e. The number of aromatic nitrogens is 2. The zero-order chi connectivity index (χ0) is 13.3. The second kappa shape index (κ2) is 4.90. The molecule has 0 aliphatic carbocycles. The monoisotopic (exact) mass is 247 g/mol. The molecule has 0 aliphatic rings. The Bertz CT molecular complexity index is 558. The van der Waals surface area contributed by atoms with E-state index in [0.717, 1.165) is 28.8 Å². The zero-order valence-electron chi connectivity index (χ0n) is 10.9. The lowest BCUT2D eigenvalue weighted by molar-refractivity contribution is 0.626. The summed E-state index contributed by atoms with van der Waals surface area (Å²) in [4.78, 5) is 0. The van der Waals surface area contributed by atoms with Crippen molar-refractivity contribution >= 4 is 0 Å². The van der Waals surface area contributed by atoms with Crippen molar-refractivity contribution in [3.63, 3.8) is 0 Å². The molecule has 0 bridgehead atoms. The summed E-state index contributed by atoms with van der Waals surface area (Å²) >= 11 is 0. The van der Waals surface area contributed by atoms with Gasteiger partial charge in [0.25, 0.3) is 0 Å². The first kappa shape index (κ1) is 12.8. The molecule has 18 heavy (non-hydrogen) atoms. The third-order valence-electron chi connectivity index (χ3n) is 3.04. The Morgan fingerprint density at radius 2 is 2.11 bits per heavy atom. The van der Waals surface area contributed by atoms with Crippen molar-refractivity contribution in [2.24, 2.45) is 12.8 Å². The number of hydrogen-bond donors (Lipinski definition) is 1. The van der Waals surface area contributed by atoms with Gasteiger partial charge in [-0.15, -0.1) is 0 Å². The van der Waals surface area contributed by atoms with Crippen LogP contribution in [0.4, 0.5) is 4.39 Å². The largest absolute Gasteiger partial charge is 0.324 e. The van der Waals surface area contributed by atoms with Crippen LogP contribution in [0.1, 0.15) is 31.1 Å². The summed E-state index contributed by atoms with van der Waals surface area (Å²) in [5.74, 6) is -0.250. The average Bonchev–Trinajstić information content (AvgIpc) is 2.69. The average molecular weight is 247 g/mol. The van der Waals surface area contributed by atoms with Gasteiger partial charge in [0.15, 0.2) is 0 Å². The van der Waals surface area contributed by atoms with Crippen molar-refractivity contribution in [2.45, 2.75) is 26.3 Å². The number of nitrogens with zero attached hydrogens (tertiary/aromatic N) is 2. The van der Waals surface area contributed by atoms with Crippen LogP contribution in [0.5, 0.6) is 0 Å². The fourth-order valence-corrected chi connectivity index (χ4v) is 2.18. The van der Waals surface area contributed by atoms with Crippen molar-refractivity contribution in [1.29, 1.82) is 0 Å². The number of hydrogen-bond acceptors (Lipinski definition) is 2. The first-order valence-corrected chi connectivity index (χ1v) is 6.10. The standard InChI is InChI=1S/C14H18FN3/c1-4-14-13(8-18(3)17-14)12-7-10(15)5-6-11(12)9(2)16/h5-9H,4,16H2,1-3H3. The first-order chi connectivity index (χ1) is 8.52. The molecule has 0 fully saturated rings. The summed E-state index contributed by atoms with van der Waals surface area (Å²) in [5.41, 5.74) is 9.66. The van der Waals surface area contributed by atoms with Gasteiger partial charge in [0, 0.05) is 24.8 Å². The number of halogens is 1. The van der Waals surface area contributed by atoms with Gasteiger partial charge in [-0.05, 0) is 36.6 Å². The molecule has 1 heterocycles. The topological polar surface area (TPSA) is 43.8 Å².